The normalized spacial score (nSPS) is 15.6. The molecule has 31 heavy (non-hydrogen) atoms. The Kier molecular flexibility index (Phi) is 5.53. The number of nitrogens with one attached hydrogen (secondary N) is 2. The highest BCUT2D eigenvalue weighted by Gasteiger charge is 2.31. The molecule has 0 fully saturated rings. The Morgan fingerprint density at radius 3 is 2.77 bits per heavy atom. The minimum atomic E-state index is -0.860. The van der Waals surface area contributed by atoms with Crippen LogP contribution in [0.5, 0.6) is 5.75 Å². The highest BCUT2D eigenvalue weighted by atomic mass is 16.5. The van der Waals surface area contributed by atoms with Crippen molar-refractivity contribution in [1.29, 1.82) is 0 Å². The number of aromatic nitrogens is 3. The quantitative estimate of drug-likeness (QED) is 0.665. The number of hydrogen-bond acceptors (Lipinski definition) is 5. The molecule has 2 aromatic carbocycles. The molecule has 8 nitrogen and oxygen atoms in total. The summed E-state index contributed by atoms with van der Waals surface area (Å²) in [6, 6.07) is 14.4. The van der Waals surface area contributed by atoms with E-state index < -0.39 is 11.9 Å². The molecule has 1 aliphatic heterocycles. The molecule has 1 aromatic heterocycles. The number of benzene rings is 2. The summed E-state index contributed by atoms with van der Waals surface area (Å²) in [6.07, 6.45) is 0.524. The number of hydrogen-bond donors (Lipinski definition) is 2. The number of carbonyl (C=O) groups is 2. The molecule has 0 spiro atoms. The minimum absolute atomic E-state index is 0.0132. The van der Waals surface area contributed by atoms with Gasteiger partial charge in [-0.25, -0.2) is 0 Å². The summed E-state index contributed by atoms with van der Waals surface area (Å²) < 4.78 is 5.80. The van der Waals surface area contributed by atoms with Crippen molar-refractivity contribution in [1.82, 2.24) is 20.5 Å². The second-order valence-corrected chi connectivity index (χ2v) is 7.48. The van der Waals surface area contributed by atoms with E-state index >= 15 is 0 Å². The third-order valence-corrected chi connectivity index (χ3v) is 5.12. The standard InChI is InChI=1S/C23H23N5O3/c1-14(2)16-9-10-19-18(12-16)28(3)23(30)17(13-31-19)24-22(29)21-25-20(26-27-21)11-15-7-5-4-6-8-15/h4-10,12,17H,1,11,13H2,2-3H3,(H,24,29)(H,25,26,27)/t17-/m0/s1. The first kappa shape index (κ1) is 20.3. The van der Waals surface area contributed by atoms with Crippen molar-refractivity contribution in [2.24, 2.45) is 0 Å². The zero-order valence-electron chi connectivity index (χ0n) is 17.4. The average Bonchev–Trinajstić information content (AvgIpc) is 3.20. The molecule has 2 N–H and O–H groups in total. The average molecular weight is 417 g/mol. The Labute approximate surface area is 179 Å². The molecular formula is C23H23N5O3. The second kappa shape index (κ2) is 8.43. The van der Waals surface area contributed by atoms with Crippen LogP contribution in [-0.2, 0) is 11.2 Å². The molecule has 158 valence electrons. The number of aromatic amines is 1. The summed E-state index contributed by atoms with van der Waals surface area (Å²) in [6.45, 7) is 5.85. The Bertz CT molecular complexity index is 1140. The first-order valence-electron chi connectivity index (χ1n) is 9.89. The summed E-state index contributed by atoms with van der Waals surface area (Å²) in [5.41, 5.74) is 3.48. The van der Waals surface area contributed by atoms with Crippen molar-refractivity contribution in [3.63, 3.8) is 0 Å². The predicted molar refractivity (Wildman–Crippen MR) is 117 cm³/mol. The molecule has 0 unspecified atom stereocenters. The van der Waals surface area contributed by atoms with E-state index in [4.69, 9.17) is 4.74 Å². The van der Waals surface area contributed by atoms with E-state index in [0.717, 1.165) is 16.7 Å². The molecular weight excluding hydrogens is 394 g/mol. The van der Waals surface area contributed by atoms with E-state index in [0.29, 0.717) is 23.7 Å². The fourth-order valence-corrected chi connectivity index (χ4v) is 3.36. The topological polar surface area (TPSA) is 100 Å². The molecule has 1 aliphatic rings. The molecule has 0 radical (unpaired) electrons. The smallest absolute Gasteiger partial charge is 0.289 e. The fraction of sp³-hybridized carbons (Fsp3) is 0.217. The molecule has 1 atom stereocenters. The Hall–Kier alpha value is -3.94. The van der Waals surface area contributed by atoms with Crippen LogP contribution in [0, 0.1) is 0 Å². The Morgan fingerprint density at radius 2 is 2.03 bits per heavy atom. The molecule has 0 aliphatic carbocycles. The van der Waals surface area contributed by atoms with Gasteiger partial charge in [0.2, 0.25) is 5.82 Å². The molecule has 4 rings (SSSR count). The molecule has 3 aromatic rings. The van der Waals surface area contributed by atoms with Crippen LogP contribution in [-0.4, -0.2) is 46.7 Å². The van der Waals surface area contributed by atoms with Gasteiger partial charge in [-0.1, -0.05) is 48.6 Å². The zero-order chi connectivity index (χ0) is 22.0. The highest BCUT2D eigenvalue weighted by Crippen LogP contribution is 2.33. The van der Waals surface area contributed by atoms with Gasteiger partial charge < -0.3 is 19.9 Å². The minimum Gasteiger partial charge on any atom is -0.489 e. The predicted octanol–water partition coefficient (Wildman–Crippen LogP) is 2.58. The zero-order valence-corrected chi connectivity index (χ0v) is 17.4. The van der Waals surface area contributed by atoms with E-state index in [2.05, 4.69) is 27.1 Å². The van der Waals surface area contributed by atoms with Gasteiger partial charge in [-0.15, -0.1) is 10.2 Å². The lowest BCUT2D eigenvalue weighted by Crippen LogP contribution is -2.49. The summed E-state index contributed by atoms with van der Waals surface area (Å²) in [5, 5.41) is 10.7. The molecule has 0 saturated heterocycles. The molecule has 8 heteroatoms. The Balaban J connectivity index is 1.46. The van der Waals surface area contributed by atoms with Crippen LogP contribution in [0.3, 0.4) is 0 Å². The highest BCUT2D eigenvalue weighted by molar-refractivity contribution is 6.02. The number of H-pyrrole nitrogens is 1. The van der Waals surface area contributed by atoms with Gasteiger partial charge >= 0.3 is 0 Å². The summed E-state index contributed by atoms with van der Waals surface area (Å²) >= 11 is 0. The van der Waals surface area contributed by atoms with Crippen molar-refractivity contribution in [3.8, 4) is 5.75 Å². The number of nitrogens with zero attached hydrogens (tertiary/aromatic N) is 3. The van der Waals surface area contributed by atoms with E-state index in [1.54, 1.807) is 13.1 Å². The monoisotopic (exact) mass is 417 g/mol. The van der Waals surface area contributed by atoms with Crippen LogP contribution >= 0.6 is 0 Å². The van der Waals surface area contributed by atoms with Crippen LogP contribution in [0.15, 0.2) is 55.1 Å². The van der Waals surface area contributed by atoms with Crippen molar-refractivity contribution >= 4 is 23.1 Å². The number of allylic oxidation sites excluding steroid dienone is 1. The number of likely N-dealkylation sites (N-methyl/N-ethyl adjacent to an activating group) is 1. The lowest BCUT2D eigenvalue weighted by molar-refractivity contribution is -0.120. The first-order valence-corrected chi connectivity index (χ1v) is 9.89. The van der Waals surface area contributed by atoms with E-state index in [1.165, 1.54) is 4.90 Å². The van der Waals surface area contributed by atoms with Crippen LogP contribution in [0.4, 0.5) is 5.69 Å². The van der Waals surface area contributed by atoms with Gasteiger partial charge in [0.05, 0.1) is 5.69 Å². The number of rotatable bonds is 5. The van der Waals surface area contributed by atoms with Crippen molar-refractivity contribution < 1.29 is 14.3 Å². The van der Waals surface area contributed by atoms with Gasteiger partial charge in [0.1, 0.15) is 24.2 Å². The van der Waals surface area contributed by atoms with Crippen LogP contribution in [0.25, 0.3) is 5.57 Å². The number of fused-ring (bicyclic) bond motifs is 1. The van der Waals surface area contributed by atoms with Crippen molar-refractivity contribution in [2.45, 2.75) is 19.4 Å². The summed E-state index contributed by atoms with van der Waals surface area (Å²) in [4.78, 5) is 30.0. The maximum Gasteiger partial charge on any atom is 0.289 e. The van der Waals surface area contributed by atoms with Crippen molar-refractivity contribution in [2.75, 3.05) is 18.6 Å². The largest absolute Gasteiger partial charge is 0.489 e. The third kappa shape index (κ3) is 4.32. The van der Waals surface area contributed by atoms with Crippen LogP contribution < -0.4 is 15.0 Å². The molecule has 2 amide bonds. The van der Waals surface area contributed by atoms with Gasteiger partial charge in [-0.05, 0) is 30.2 Å². The number of carbonyl (C=O) groups excluding carboxylic acids is 2. The number of amides is 2. The fourth-order valence-electron chi connectivity index (χ4n) is 3.36. The maximum atomic E-state index is 13.0. The lowest BCUT2D eigenvalue weighted by Gasteiger charge is -2.20. The lowest BCUT2D eigenvalue weighted by atomic mass is 10.1. The van der Waals surface area contributed by atoms with Crippen LogP contribution in [0.1, 0.15) is 34.5 Å². The SMILES string of the molecule is C=C(C)c1ccc2c(c1)N(C)C(=O)[C@@H](NC(=O)c1nnc(Cc3ccccc3)[nH]1)CO2. The first-order chi connectivity index (χ1) is 14.9. The van der Waals surface area contributed by atoms with E-state index in [1.807, 2.05) is 49.4 Å². The summed E-state index contributed by atoms with van der Waals surface area (Å²) in [5.74, 6) is 0.387. The van der Waals surface area contributed by atoms with Crippen molar-refractivity contribution in [3.05, 3.63) is 77.9 Å². The van der Waals surface area contributed by atoms with E-state index in [-0.39, 0.29) is 18.3 Å². The Morgan fingerprint density at radius 1 is 1.26 bits per heavy atom. The van der Waals surface area contributed by atoms with Gasteiger partial charge in [-0.2, -0.15) is 0 Å². The van der Waals surface area contributed by atoms with Crippen LogP contribution in [0.2, 0.25) is 0 Å². The van der Waals surface area contributed by atoms with Gasteiger partial charge in [0.15, 0.2) is 0 Å². The number of anilines is 1. The molecule has 0 saturated carbocycles. The number of ether oxygens (including phenoxy) is 1. The second-order valence-electron chi connectivity index (χ2n) is 7.48. The van der Waals surface area contributed by atoms with Gasteiger partial charge in [0, 0.05) is 13.5 Å². The van der Waals surface area contributed by atoms with Gasteiger partial charge in [0.25, 0.3) is 11.8 Å². The molecule has 2 heterocycles. The van der Waals surface area contributed by atoms with E-state index in [9.17, 15) is 9.59 Å². The third-order valence-electron chi connectivity index (χ3n) is 5.12. The summed E-state index contributed by atoms with van der Waals surface area (Å²) in [7, 11) is 1.66. The maximum absolute atomic E-state index is 13.0. The van der Waals surface area contributed by atoms with Gasteiger partial charge in [-0.3, -0.25) is 9.59 Å². The molecule has 0 bridgehead atoms.